The number of amides is 1. The number of aliphatic imine (C=N–C) groups is 1. The van der Waals surface area contributed by atoms with Crippen LogP contribution in [0.2, 0.25) is 0 Å². The van der Waals surface area contributed by atoms with Crippen molar-refractivity contribution in [1.29, 1.82) is 0 Å². The van der Waals surface area contributed by atoms with E-state index >= 15 is 0 Å². The Balaban J connectivity index is 1.79. The van der Waals surface area contributed by atoms with Gasteiger partial charge in [0.05, 0.1) is 14.2 Å². The molecule has 3 rings (SSSR count). The molecule has 0 unspecified atom stereocenters. The summed E-state index contributed by atoms with van der Waals surface area (Å²) >= 11 is 6.88. The second kappa shape index (κ2) is 9.31. The first-order valence-corrected chi connectivity index (χ1v) is 11.1. The van der Waals surface area contributed by atoms with E-state index in [0.717, 1.165) is 30.4 Å². The lowest BCUT2D eigenvalue weighted by atomic mass is 10.1. The van der Waals surface area contributed by atoms with Gasteiger partial charge in [-0.15, -0.1) is 0 Å². The van der Waals surface area contributed by atoms with Crippen molar-refractivity contribution < 1.29 is 19.4 Å². The molecule has 1 aliphatic rings. The number of aliphatic carboxylic acids is 1. The second-order valence-electron chi connectivity index (χ2n) is 6.25. The van der Waals surface area contributed by atoms with Gasteiger partial charge in [0.2, 0.25) is 0 Å². The molecule has 0 aliphatic carbocycles. The number of amidine groups is 1. The molecule has 2 aromatic rings. The first kappa shape index (κ1) is 21.8. The maximum Gasteiger partial charge on any atom is 0.341 e. The number of ether oxygens (including phenoxy) is 1. The number of hydrogen-bond acceptors (Lipinski definition) is 5. The quantitative estimate of drug-likeness (QED) is 0.379. The van der Waals surface area contributed by atoms with Gasteiger partial charge >= 0.3 is 5.97 Å². The second-order valence-corrected chi connectivity index (χ2v) is 9.23. The largest absolute Gasteiger partial charge is 0.481 e. The van der Waals surface area contributed by atoms with E-state index < -0.39 is 12.6 Å². The van der Waals surface area contributed by atoms with Crippen molar-refractivity contribution in [1.82, 2.24) is 5.32 Å². The Bertz CT molecular complexity index is 1050. The molecule has 1 amide bonds. The summed E-state index contributed by atoms with van der Waals surface area (Å²) in [5.41, 5.74) is 3.75. The highest BCUT2D eigenvalue weighted by Crippen LogP contribution is 2.31. The first-order valence-electron chi connectivity index (χ1n) is 8.43. The van der Waals surface area contributed by atoms with Crippen LogP contribution in [-0.4, -0.2) is 28.8 Å². The minimum Gasteiger partial charge on any atom is -0.481 e. The summed E-state index contributed by atoms with van der Waals surface area (Å²) in [5.74, 6) is -0.753. The number of carbonyl (C=O) groups is 2. The van der Waals surface area contributed by atoms with Crippen LogP contribution in [0.5, 0.6) is 5.75 Å². The minimum atomic E-state index is -1.03. The zero-order valence-corrected chi connectivity index (χ0v) is 20.0. The molecule has 0 bridgehead atoms. The molecule has 2 N–H and O–H groups in total. The van der Waals surface area contributed by atoms with Crippen LogP contribution in [0.15, 0.2) is 44.7 Å². The van der Waals surface area contributed by atoms with Crippen LogP contribution >= 0.6 is 50.3 Å². The number of carboxylic acid groups (broad SMARTS) is 1. The molecule has 6 nitrogen and oxygen atoms in total. The number of rotatable bonds is 5. The zero-order chi connectivity index (χ0) is 21.1. The maximum absolute atomic E-state index is 12.3. The van der Waals surface area contributed by atoms with Crippen LogP contribution in [-0.2, 0) is 9.59 Å². The monoisotopic (exact) mass is 586 g/mol. The molecule has 1 saturated heterocycles. The number of thioether (sulfide) groups is 1. The minimum absolute atomic E-state index is 0.208. The molecule has 1 aliphatic heterocycles. The molecule has 29 heavy (non-hydrogen) atoms. The van der Waals surface area contributed by atoms with Crippen molar-refractivity contribution in [2.45, 2.75) is 13.8 Å². The molecule has 0 radical (unpaired) electrons. The van der Waals surface area contributed by atoms with Gasteiger partial charge in [-0.1, -0.05) is 22.0 Å². The Morgan fingerprint density at radius 2 is 2.00 bits per heavy atom. The van der Waals surface area contributed by atoms with E-state index in [-0.39, 0.29) is 5.91 Å². The van der Waals surface area contributed by atoms with Gasteiger partial charge in [0, 0.05) is 4.47 Å². The van der Waals surface area contributed by atoms with Crippen LogP contribution < -0.4 is 10.1 Å². The van der Waals surface area contributed by atoms with E-state index in [1.165, 1.54) is 11.8 Å². The summed E-state index contributed by atoms with van der Waals surface area (Å²) in [4.78, 5) is 28.0. The van der Waals surface area contributed by atoms with Gasteiger partial charge in [-0.3, -0.25) is 4.79 Å². The number of nitrogens with zero attached hydrogens (tertiary/aromatic N) is 1. The zero-order valence-electron chi connectivity index (χ0n) is 15.5. The molecular formula is C20H16BrIN2O4S. The molecule has 0 saturated carbocycles. The van der Waals surface area contributed by atoms with Gasteiger partial charge in [-0.05, 0) is 95.2 Å². The Labute approximate surface area is 194 Å². The average Bonchev–Trinajstić information content (AvgIpc) is 2.97. The fourth-order valence-corrected chi connectivity index (χ4v) is 4.37. The fraction of sp³-hybridized carbons (Fsp3) is 0.150. The summed E-state index contributed by atoms with van der Waals surface area (Å²) in [6, 6.07) is 9.20. The van der Waals surface area contributed by atoms with Gasteiger partial charge in [0.1, 0.15) is 5.75 Å². The van der Waals surface area contributed by atoms with Gasteiger partial charge in [0.25, 0.3) is 5.91 Å². The molecule has 2 aromatic carbocycles. The standard InChI is InChI=1S/C20H16BrIN2O4S/c1-10-5-13(6-11(2)18(10)21)23-20-24-19(27)16(29-20)8-12-3-4-15(14(22)7-12)28-9-17(25)26/h3-8H,9H2,1-2H3,(H,25,26)(H,23,24,27)/b16-8-. The molecule has 0 aromatic heterocycles. The molecule has 0 atom stereocenters. The van der Waals surface area contributed by atoms with Crippen LogP contribution in [0.3, 0.4) is 0 Å². The number of carboxylic acids is 1. The summed E-state index contributed by atoms with van der Waals surface area (Å²) in [5, 5.41) is 12.0. The van der Waals surface area contributed by atoms with E-state index in [1.54, 1.807) is 18.2 Å². The van der Waals surface area contributed by atoms with E-state index in [4.69, 9.17) is 9.84 Å². The summed E-state index contributed by atoms with van der Waals surface area (Å²) < 4.78 is 7.03. The van der Waals surface area contributed by atoms with Crippen molar-refractivity contribution >= 4 is 79.1 Å². The normalized spacial score (nSPS) is 16.3. The van der Waals surface area contributed by atoms with E-state index in [9.17, 15) is 9.59 Å². The Morgan fingerprint density at radius 1 is 1.31 bits per heavy atom. The van der Waals surface area contributed by atoms with E-state index in [2.05, 4.69) is 48.8 Å². The number of aryl methyl sites for hydroxylation is 2. The molecule has 0 spiro atoms. The topological polar surface area (TPSA) is 88.0 Å². The van der Waals surface area contributed by atoms with Crippen LogP contribution in [0, 0.1) is 17.4 Å². The van der Waals surface area contributed by atoms with E-state index in [0.29, 0.717) is 15.8 Å². The molecule has 150 valence electrons. The highest BCUT2D eigenvalue weighted by molar-refractivity contribution is 14.1. The molecule has 9 heteroatoms. The molecule has 1 heterocycles. The van der Waals surface area contributed by atoms with Gasteiger partial charge in [-0.2, -0.15) is 0 Å². The number of benzene rings is 2. The maximum atomic E-state index is 12.3. The Hall–Kier alpha value is -1.85. The summed E-state index contributed by atoms with van der Waals surface area (Å²) in [7, 11) is 0. The van der Waals surface area contributed by atoms with Crippen molar-refractivity contribution in [3.8, 4) is 5.75 Å². The number of nitrogens with one attached hydrogen (secondary N) is 1. The predicted octanol–water partition coefficient (Wildman–Crippen LogP) is 5.03. The van der Waals surface area contributed by atoms with Crippen LogP contribution in [0.1, 0.15) is 16.7 Å². The molecular weight excluding hydrogens is 571 g/mol. The smallest absolute Gasteiger partial charge is 0.341 e. The Morgan fingerprint density at radius 3 is 2.62 bits per heavy atom. The molecule has 1 fully saturated rings. The van der Waals surface area contributed by atoms with E-state index in [1.807, 2.05) is 32.0 Å². The lowest BCUT2D eigenvalue weighted by Gasteiger charge is -2.06. The number of hydrogen-bond donors (Lipinski definition) is 2. The summed E-state index contributed by atoms with van der Waals surface area (Å²) in [6.45, 7) is 3.60. The third-order valence-corrected chi connectivity index (χ3v) is 6.91. The number of halogens is 2. The highest BCUT2D eigenvalue weighted by atomic mass is 127. The van der Waals surface area contributed by atoms with Gasteiger partial charge < -0.3 is 15.2 Å². The SMILES string of the molecule is Cc1cc(N=C2NC(=O)/C(=C/c3ccc(OCC(=O)O)c(I)c3)S2)cc(C)c1Br. The highest BCUT2D eigenvalue weighted by Gasteiger charge is 2.24. The average molecular weight is 587 g/mol. The van der Waals surface area contributed by atoms with Crippen molar-refractivity contribution in [3.63, 3.8) is 0 Å². The first-order chi connectivity index (χ1) is 13.7. The van der Waals surface area contributed by atoms with Gasteiger partial charge in [-0.25, -0.2) is 9.79 Å². The van der Waals surface area contributed by atoms with Crippen LogP contribution in [0.25, 0.3) is 6.08 Å². The van der Waals surface area contributed by atoms with Crippen molar-refractivity contribution in [2.75, 3.05) is 6.61 Å². The third-order valence-electron chi connectivity index (χ3n) is 3.91. The fourth-order valence-electron chi connectivity index (χ4n) is 2.60. The summed E-state index contributed by atoms with van der Waals surface area (Å²) in [6.07, 6.45) is 1.77. The number of carbonyl (C=O) groups excluding carboxylic acids is 1. The van der Waals surface area contributed by atoms with Crippen molar-refractivity contribution in [3.05, 3.63) is 60.0 Å². The van der Waals surface area contributed by atoms with Crippen molar-refractivity contribution in [2.24, 2.45) is 4.99 Å². The predicted molar refractivity (Wildman–Crippen MR) is 127 cm³/mol. The third kappa shape index (κ3) is 5.61. The Kier molecular flexibility index (Phi) is 7.01. The van der Waals surface area contributed by atoms with Crippen LogP contribution in [0.4, 0.5) is 5.69 Å². The van der Waals surface area contributed by atoms with Gasteiger partial charge in [0.15, 0.2) is 11.8 Å². The lowest BCUT2D eigenvalue weighted by Crippen LogP contribution is -2.19. The lowest BCUT2D eigenvalue weighted by molar-refractivity contribution is -0.139.